The molecule has 7 nitrogen and oxygen atoms in total. The van der Waals surface area contributed by atoms with Crippen molar-refractivity contribution < 1.29 is 18.0 Å². The van der Waals surface area contributed by atoms with E-state index < -0.39 is 28.5 Å². The fourth-order valence-electron chi connectivity index (χ4n) is 3.54. The molecule has 0 aromatic heterocycles. The second kappa shape index (κ2) is 12.6. The molecule has 0 heterocycles. The summed E-state index contributed by atoms with van der Waals surface area (Å²) in [6.07, 6.45) is 2.09. The first kappa shape index (κ1) is 28.9. The Hall–Kier alpha value is -2.29. The van der Waals surface area contributed by atoms with E-state index in [1.807, 2.05) is 20.8 Å². The Morgan fingerprint density at radius 2 is 1.57 bits per heavy atom. The number of amides is 2. The molecule has 0 saturated heterocycles. The monoisotopic (exact) mass is 541 g/mol. The van der Waals surface area contributed by atoms with Gasteiger partial charge >= 0.3 is 0 Å². The van der Waals surface area contributed by atoms with Crippen LogP contribution in [-0.4, -0.2) is 50.0 Å². The molecule has 0 spiro atoms. The third-order valence-electron chi connectivity index (χ3n) is 5.78. The van der Waals surface area contributed by atoms with Crippen molar-refractivity contribution in [2.75, 3.05) is 17.1 Å². The number of hydrogen-bond donors (Lipinski definition) is 1. The maximum Gasteiger partial charge on any atom is 0.244 e. The Balaban J connectivity index is 2.49. The number of halogens is 2. The number of anilines is 1. The van der Waals surface area contributed by atoms with Crippen LogP contribution in [0.5, 0.6) is 0 Å². The lowest BCUT2D eigenvalue weighted by molar-refractivity contribution is -0.140. The van der Waals surface area contributed by atoms with Gasteiger partial charge in [-0.1, -0.05) is 60.8 Å². The molecule has 0 aliphatic rings. The molecule has 1 N–H and O–H groups in total. The van der Waals surface area contributed by atoms with Gasteiger partial charge in [0, 0.05) is 28.2 Å². The molecule has 35 heavy (non-hydrogen) atoms. The fourth-order valence-corrected chi connectivity index (χ4v) is 4.91. The summed E-state index contributed by atoms with van der Waals surface area (Å²) in [4.78, 5) is 28.2. The van der Waals surface area contributed by atoms with Crippen molar-refractivity contribution in [3.05, 3.63) is 63.6 Å². The van der Waals surface area contributed by atoms with Crippen molar-refractivity contribution in [2.45, 2.75) is 59.2 Å². The molecule has 2 aromatic rings. The van der Waals surface area contributed by atoms with Crippen molar-refractivity contribution in [1.82, 2.24) is 10.2 Å². The maximum absolute atomic E-state index is 13.7. The average Bonchev–Trinajstić information content (AvgIpc) is 2.78. The molecule has 0 fully saturated rings. The fraction of sp³-hybridized carbons (Fsp3) is 0.440. The first-order valence-electron chi connectivity index (χ1n) is 11.5. The molecule has 0 aliphatic heterocycles. The summed E-state index contributed by atoms with van der Waals surface area (Å²) in [7, 11) is -3.79. The van der Waals surface area contributed by atoms with Crippen LogP contribution in [-0.2, 0) is 26.2 Å². The topological polar surface area (TPSA) is 86.8 Å². The van der Waals surface area contributed by atoms with E-state index in [2.05, 4.69) is 5.32 Å². The van der Waals surface area contributed by atoms with Crippen LogP contribution in [0.15, 0.2) is 42.5 Å². The number of benzene rings is 2. The van der Waals surface area contributed by atoms with Crippen LogP contribution >= 0.6 is 23.2 Å². The number of aryl methyl sites for hydroxylation is 1. The van der Waals surface area contributed by atoms with Gasteiger partial charge in [0.2, 0.25) is 21.8 Å². The van der Waals surface area contributed by atoms with Crippen LogP contribution < -0.4 is 9.62 Å². The van der Waals surface area contributed by atoms with Crippen LogP contribution in [0.4, 0.5) is 5.69 Å². The Kier molecular flexibility index (Phi) is 10.4. The van der Waals surface area contributed by atoms with E-state index in [1.165, 1.54) is 4.90 Å². The highest BCUT2D eigenvalue weighted by molar-refractivity contribution is 7.92. The van der Waals surface area contributed by atoms with Gasteiger partial charge in [0.25, 0.3) is 0 Å². The van der Waals surface area contributed by atoms with E-state index in [0.29, 0.717) is 27.7 Å². The van der Waals surface area contributed by atoms with E-state index >= 15 is 0 Å². The lowest BCUT2D eigenvalue weighted by Crippen LogP contribution is -2.53. The summed E-state index contributed by atoms with van der Waals surface area (Å²) in [6.45, 7) is 6.99. The number of carbonyl (C=O) groups excluding carboxylic acids is 2. The summed E-state index contributed by atoms with van der Waals surface area (Å²) in [6, 6.07) is 10.9. The Morgan fingerprint density at radius 1 is 1.00 bits per heavy atom. The molecule has 2 atom stereocenters. The Labute approximate surface area is 218 Å². The van der Waals surface area contributed by atoms with Crippen molar-refractivity contribution in [3.8, 4) is 0 Å². The molecular formula is C25H33Cl2N3O4S. The number of rotatable bonds is 11. The summed E-state index contributed by atoms with van der Waals surface area (Å²) >= 11 is 12.7. The maximum atomic E-state index is 13.7. The van der Waals surface area contributed by atoms with Crippen LogP contribution in [0.1, 0.15) is 44.7 Å². The minimum absolute atomic E-state index is 0.0464. The van der Waals surface area contributed by atoms with Gasteiger partial charge in [-0.25, -0.2) is 8.42 Å². The molecule has 0 radical (unpaired) electrons. The summed E-state index contributed by atoms with van der Waals surface area (Å²) in [5.41, 5.74) is 1.80. The van der Waals surface area contributed by atoms with E-state index in [1.54, 1.807) is 49.4 Å². The van der Waals surface area contributed by atoms with Gasteiger partial charge in [-0.2, -0.15) is 0 Å². The highest BCUT2D eigenvalue weighted by Gasteiger charge is 2.32. The van der Waals surface area contributed by atoms with Crippen molar-refractivity contribution in [2.24, 2.45) is 0 Å². The van der Waals surface area contributed by atoms with Crippen LogP contribution in [0, 0.1) is 6.92 Å². The predicted octanol–water partition coefficient (Wildman–Crippen LogP) is 4.79. The molecule has 0 aliphatic carbocycles. The summed E-state index contributed by atoms with van der Waals surface area (Å²) < 4.78 is 26.3. The van der Waals surface area contributed by atoms with Crippen LogP contribution in [0.3, 0.4) is 0 Å². The standard InChI is InChI=1S/C25H33Cl2N3O4S/c1-6-18(4)28-25(32)23(7-2)29(15-20-21(26)9-8-10-22(20)27)24(31)16-30(35(5,33)34)19-13-11-17(3)12-14-19/h8-14,18,23H,6-7,15-16H2,1-5H3,(H,28,32)/t18-,23-/m1/s1. The second-order valence-electron chi connectivity index (χ2n) is 8.57. The van der Waals surface area contributed by atoms with Gasteiger partial charge in [-0.15, -0.1) is 0 Å². The molecule has 0 bridgehead atoms. The van der Waals surface area contributed by atoms with Gasteiger partial charge in [0.05, 0.1) is 11.9 Å². The zero-order valence-corrected chi connectivity index (χ0v) is 23.0. The molecule has 0 saturated carbocycles. The number of nitrogens with zero attached hydrogens (tertiary/aromatic N) is 2. The van der Waals surface area contributed by atoms with E-state index in [-0.39, 0.29) is 18.5 Å². The molecular weight excluding hydrogens is 509 g/mol. The SMILES string of the molecule is CC[C@@H](C)NC(=O)[C@@H](CC)N(Cc1c(Cl)cccc1Cl)C(=O)CN(c1ccc(C)cc1)S(C)(=O)=O. The lowest BCUT2D eigenvalue weighted by atomic mass is 10.1. The second-order valence-corrected chi connectivity index (χ2v) is 11.3. The zero-order chi connectivity index (χ0) is 26.3. The van der Waals surface area contributed by atoms with Crippen LogP contribution in [0.2, 0.25) is 10.0 Å². The number of carbonyl (C=O) groups is 2. The van der Waals surface area contributed by atoms with Crippen molar-refractivity contribution >= 4 is 50.7 Å². The predicted molar refractivity (Wildman–Crippen MR) is 142 cm³/mol. The highest BCUT2D eigenvalue weighted by atomic mass is 35.5. The van der Waals surface area contributed by atoms with Gasteiger partial charge in [-0.3, -0.25) is 13.9 Å². The smallest absolute Gasteiger partial charge is 0.244 e. The lowest BCUT2D eigenvalue weighted by Gasteiger charge is -2.33. The summed E-state index contributed by atoms with van der Waals surface area (Å²) in [5.74, 6) is -0.863. The highest BCUT2D eigenvalue weighted by Crippen LogP contribution is 2.27. The quantitative estimate of drug-likeness (QED) is 0.443. The molecule has 192 valence electrons. The van der Waals surface area contributed by atoms with Crippen LogP contribution in [0.25, 0.3) is 0 Å². The van der Waals surface area contributed by atoms with E-state index in [9.17, 15) is 18.0 Å². The molecule has 10 heteroatoms. The van der Waals surface area contributed by atoms with Gasteiger partial charge in [0.15, 0.2) is 0 Å². The Morgan fingerprint density at radius 3 is 2.06 bits per heavy atom. The van der Waals surface area contributed by atoms with E-state index in [0.717, 1.165) is 22.5 Å². The minimum atomic E-state index is -3.79. The van der Waals surface area contributed by atoms with Gasteiger partial charge < -0.3 is 10.2 Å². The molecule has 0 unspecified atom stereocenters. The number of sulfonamides is 1. The third kappa shape index (κ3) is 7.85. The first-order valence-corrected chi connectivity index (χ1v) is 14.1. The normalized spacial score (nSPS) is 13.1. The average molecular weight is 543 g/mol. The van der Waals surface area contributed by atoms with Gasteiger partial charge in [0.1, 0.15) is 12.6 Å². The minimum Gasteiger partial charge on any atom is -0.352 e. The molecule has 2 amide bonds. The number of hydrogen-bond acceptors (Lipinski definition) is 4. The van der Waals surface area contributed by atoms with Crippen molar-refractivity contribution in [3.63, 3.8) is 0 Å². The molecule has 2 aromatic carbocycles. The first-order chi connectivity index (χ1) is 16.4. The van der Waals surface area contributed by atoms with Gasteiger partial charge in [-0.05, 0) is 51.0 Å². The number of nitrogens with one attached hydrogen (secondary N) is 1. The van der Waals surface area contributed by atoms with Crippen molar-refractivity contribution in [1.29, 1.82) is 0 Å². The largest absolute Gasteiger partial charge is 0.352 e. The van der Waals surface area contributed by atoms with E-state index in [4.69, 9.17) is 23.2 Å². The Bertz CT molecular complexity index is 1120. The summed E-state index contributed by atoms with van der Waals surface area (Å²) in [5, 5.41) is 3.63. The molecule has 2 rings (SSSR count). The zero-order valence-electron chi connectivity index (χ0n) is 20.7. The third-order valence-corrected chi connectivity index (χ3v) is 7.63.